The van der Waals surface area contributed by atoms with Gasteiger partial charge in [-0.25, -0.2) is 0 Å². The van der Waals surface area contributed by atoms with Crippen molar-refractivity contribution >= 4 is 5.91 Å². The van der Waals surface area contributed by atoms with Gasteiger partial charge in [0.05, 0.1) is 0 Å². The van der Waals surface area contributed by atoms with Crippen LogP contribution in [0, 0.1) is 29.6 Å². The summed E-state index contributed by atoms with van der Waals surface area (Å²) in [4.78, 5) is 15.5. The van der Waals surface area contributed by atoms with Crippen LogP contribution in [0.15, 0.2) is 0 Å². The van der Waals surface area contributed by atoms with Crippen molar-refractivity contribution in [2.75, 3.05) is 6.54 Å². The molecule has 124 valence electrons. The van der Waals surface area contributed by atoms with Gasteiger partial charge >= 0.3 is 0 Å². The summed E-state index contributed by atoms with van der Waals surface area (Å²) < 4.78 is 0. The Labute approximate surface area is 132 Å². The fourth-order valence-corrected chi connectivity index (χ4v) is 4.00. The van der Waals surface area contributed by atoms with Crippen molar-refractivity contribution in [3.05, 3.63) is 0 Å². The Morgan fingerprint density at radius 1 is 1.14 bits per heavy atom. The van der Waals surface area contributed by atoms with Crippen LogP contribution >= 0.6 is 0 Å². The fraction of sp³-hybridized carbons (Fsp3) is 0.947. The van der Waals surface area contributed by atoms with Crippen LogP contribution in [0.5, 0.6) is 0 Å². The van der Waals surface area contributed by atoms with Crippen molar-refractivity contribution in [3.8, 4) is 0 Å². The fourth-order valence-electron chi connectivity index (χ4n) is 4.00. The third-order valence-electron chi connectivity index (χ3n) is 5.32. The molecular weight excluding hydrogens is 258 g/mol. The number of rotatable bonds is 7. The van der Waals surface area contributed by atoms with E-state index >= 15 is 0 Å². The van der Waals surface area contributed by atoms with Crippen molar-refractivity contribution in [1.29, 1.82) is 0 Å². The summed E-state index contributed by atoms with van der Waals surface area (Å²) in [6.07, 6.45) is 4.85. The van der Waals surface area contributed by atoms with Crippen LogP contribution in [-0.4, -0.2) is 23.4 Å². The van der Waals surface area contributed by atoms with Gasteiger partial charge in [-0.2, -0.15) is 0 Å². The van der Waals surface area contributed by atoms with Gasteiger partial charge in [-0.3, -0.25) is 4.79 Å². The lowest BCUT2D eigenvalue weighted by Crippen LogP contribution is -2.48. The van der Waals surface area contributed by atoms with Gasteiger partial charge in [-0.05, 0) is 36.5 Å². The quantitative estimate of drug-likeness (QED) is 0.649. The molecule has 1 rings (SSSR count). The van der Waals surface area contributed by atoms with E-state index < -0.39 is 0 Å². The molecule has 1 fully saturated rings. The van der Waals surface area contributed by atoms with Crippen LogP contribution in [0.1, 0.15) is 74.1 Å². The zero-order chi connectivity index (χ0) is 16.2. The predicted molar refractivity (Wildman–Crippen MR) is 91.1 cm³/mol. The standard InChI is InChI=1S/C19H37NO/c1-8-15(6)18(14(4)5)19(21)20(12-13(2)3)17-11-9-10-16(17)7/h13-18H,8-12H2,1-7H3. The van der Waals surface area contributed by atoms with Crippen LogP contribution in [0.25, 0.3) is 0 Å². The molecule has 21 heavy (non-hydrogen) atoms. The number of nitrogens with zero attached hydrogens (tertiary/aromatic N) is 1. The summed E-state index contributed by atoms with van der Waals surface area (Å²) in [7, 11) is 0. The predicted octanol–water partition coefficient (Wildman–Crippen LogP) is 4.98. The van der Waals surface area contributed by atoms with Crippen molar-refractivity contribution in [1.82, 2.24) is 4.90 Å². The Balaban J connectivity index is 2.97. The molecule has 0 N–H and O–H groups in total. The maximum atomic E-state index is 13.3. The van der Waals surface area contributed by atoms with Crippen LogP contribution in [0.2, 0.25) is 0 Å². The van der Waals surface area contributed by atoms with Crippen LogP contribution in [0.3, 0.4) is 0 Å². The van der Waals surface area contributed by atoms with Gasteiger partial charge in [0.2, 0.25) is 5.91 Å². The first-order chi connectivity index (χ1) is 9.79. The third-order valence-corrected chi connectivity index (χ3v) is 5.32. The molecule has 1 amide bonds. The minimum absolute atomic E-state index is 0.182. The number of carbonyl (C=O) groups is 1. The molecule has 0 bridgehead atoms. The largest absolute Gasteiger partial charge is 0.339 e. The normalized spacial score (nSPS) is 25.4. The lowest BCUT2D eigenvalue weighted by molar-refractivity contribution is -0.142. The average Bonchev–Trinajstić information content (AvgIpc) is 2.81. The molecule has 0 radical (unpaired) electrons. The first kappa shape index (κ1) is 18.5. The summed E-state index contributed by atoms with van der Waals surface area (Å²) >= 11 is 0. The van der Waals surface area contributed by atoms with Gasteiger partial charge < -0.3 is 4.90 Å². The second kappa shape index (κ2) is 8.19. The molecule has 0 aliphatic heterocycles. The first-order valence-electron chi connectivity index (χ1n) is 9.10. The van der Waals surface area contributed by atoms with Crippen molar-refractivity contribution in [3.63, 3.8) is 0 Å². The Kier molecular flexibility index (Phi) is 7.23. The Hall–Kier alpha value is -0.530. The molecule has 2 heteroatoms. The number of amides is 1. The van der Waals surface area contributed by atoms with Crippen molar-refractivity contribution in [2.24, 2.45) is 29.6 Å². The third kappa shape index (κ3) is 4.72. The van der Waals surface area contributed by atoms with Crippen LogP contribution in [-0.2, 0) is 4.79 Å². The van der Waals surface area contributed by atoms with Crippen LogP contribution in [0.4, 0.5) is 0 Å². The van der Waals surface area contributed by atoms with E-state index in [2.05, 4.69) is 53.4 Å². The minimum Gasteiger partial charge on any atom is -0.339 e. The molecule has 4 unspecified atom stereocenters. The number of hydrogen-bond acceptors (Lipinski definition) is 1. The molecule has 0 aromatic carbocycles. The smallest absolute Gasteiger partial charge is 0.226 e. The number of carbonyl (C=O) groups excluding carboxylic acids is 1. The van der Waals surface area contributed by atoms with E-state index in [4.69, 9.17) is 0 Å². The second-order valence-corrected chi connectivity index (χ2v) is 8.02. The van der Waals surface area contributed by atoms with E-state index in [1.54, 1.807) is 0 Å². The maximum Gasteiger partial charge on any atom is 0.226 e. The zero-order valence-electron chi connectivity index (χ0n) is 15.4. The minimum atomic E-state index is 0.182. The highest BCUT2D eigenvalue weighted by molar-refractivity contribution is 5.79. The molecule has 1 aliphatic carbocycles. The summed E-state index contributed by atoms with van der Waals surface area (Å²) in [6.45, 7) is 16.6. The molecule has 0 heterocycles. The molecule has 0 saturated heterocycles. The second-order valence-electron chi connectivity index (χ2n) is 8.02. The highest BCUT2D eigenvalue weighted by Crippen LogP contribution is 2.34. The molecule has 0 spiro atoms. The van der Waals surface area contributed by atoms with E-state index in [-0.39, 0.29) is 5.92 Å². The van der Waals surface area contributed by atoms with E-state index in [1.165, 1.54) is 19.3 Å². The van der Waals surface area contributed by atoms with E-state index in [9.17, 15) is 4.79 Å². The SMILES string of the molecule is CCC(C)C(C(=O)N(CC(C)C)C1CCCC1C)C(C)C. The van der Waals surface area contributed by atoms with Gasteiger partial charge in [0.1, 0.15) is 0 Å². The molecule has 4 atom stereocenters. The van der Waals surface area contributed by atoms with Crippen molar-refractivity contribution < 1.29 is 4.79 Å². The van der Waals surface area contributed by atoms with Gasteiger partial charge in [0.15, 0.2) is 0 Å². The summed E-state index contributed by atoms with van der Waals surface area (Å²) in [5, 5.41) is 0. The molecule has 1 saturated carbocycles. The molecule has 1 aliphatic rings. The molecule has 0 aromatic rings. The van der Waals surface area contributed by atoms with E-state index in [0.29, 0.717) is 35.6 Å². The average molecular weight is 296 g/mol. The lowest BCUT2D eigenvalue weighted by Gasteiger charge is -2.38. The Morgan fingerprint density at radius 2 is 1.76 bits per heavy atom. The Bertz CT molecular complexity index is 324. The summed E-state index contributed by atoms with van der Waals surface area (Å²) in [5.41, 5.74) is 0. The van der Waals surface area contributed by atoms with Crippen molar-refractivity contribution in [2.45, 2.75) is 80.2 Å². The van der Waals surface area contributed by atoms with E-state index in [0.717, 1.165) is 13.0 Å². The van der Waals surface area contributed by atoms with Crippen LogP contribution < -0.4 is 0 Å². The highest BCUT2D eigenvalue weighted by Gasteiger charge is 2.37. The number of hydrogen-bond donors (Lipinski definition) is 0. The van der Waals surface area contributed by atoms with Gasteiger partial charge in [-0.15, -0.1) is 0 Å². The summed E-state index contributed by atoms with van der Waals surface area (Å²) in [5.74, 6) is 2.72. The zero-order valence-corrected chi connectivity index (χ0v) is 15.4. The van der Waals surface area contributed by atoms with E-state index in [1.807, 2.05) is 0 Å². The topological polar surface area (TPSA) is 20.3 Å². The van der Waals surface area contributed by atoms with Gasteiger partial charge in [0.25, 0.3) is 0 Å². The summed E-state index contributed by atoms with van der Waals surface area (Å²) in [6, 6.07) is 0.477. The van der Waals surface area contributed by atoms with Gasteiger partial charge in [0, 0.05) is 18.5 Å². The highest BCUT2D eigenvalue weighted by atomic mass is 16.2. The molecule has 0 aromatic heterocycles. The molecule has 2 nitrogen and oxygen atoms in total. The Morgan fingerprint density at radius 3 is 2.14 bits per heavy atom. The van der Waals surface area contributed by atoms with Gasteiger partial charge in [-0.1, -0.05) is 61.3 Å². The molecular formula is C19H37NO. The monoisotopic (exact) mass is 295 g/mol. The lowest BCUT2D eigenvalue weighted by atomic mass is 9.81. The first-order valence-corrected chi connectivity index (χ1v) is 9.10. The maximum absolute atomic E-state index is 13.3.